The van der Waals surface area contributed by atoms with Gasteiger partial charge in [-0.05, 0) is 38.1 Å². The molecule has 2 rings (SSSR count). The van der Waals surface area contributed by atoms with E-state index in [4.69, 9.17) is 9.68 Å². The van der Waals surface area contributed by atoms with E-state index in [1.165, 1.54) is 38.1 Å². The Hall–Kier alpha value is -3.27. The minimum atomic E-state index is -0.532. The van der Waals surface area contributed by atoms with Crippen LogP contribution in [-0.2, 0) is 4.79 Å². The second kappa shape index (κ2) is 7.53. The molecule has 0 unspecified atom stereocenters. The Morgan fingerprint density at radius 3 is 2.40 bits per heavy atom. The molecule has 1 heterocycles. The molecule has 6 nitrogen and oxygen atoms in total. The first-order valence-electron chi connectivity index (χ1n) is 7.46. The number of nitrogens with zero attached hydrogens (tertiary/aromatic N) is 1. The molecule has 7 heteroatoms. The van der Waals surface area contributed by atoms with E-state index in [0.29, 0.717) is 5.56 Å². The summed E-state index contributed by atoms with van der Waals surface area (Å²) in [6.07, 6.45) is -0.227. The zero-order valence-electron chi connectivity index (χ0n) is 13.7. The maximum Gasteiger partial charge on any atom is 0.227 e. The number of rotatable bonds is 6. The maximum absolute atomic E-state index is 12.8. The van der Waals surface area contributed by atoms with Crippen LogP contribution < -0.4 is 5.32 Å². The van der Waals surface area contributed by atoms with Crippen LogP contribution in [0.4, 0.5) is 10.3 Å². The summed E-state index contributed by atoms with van der Waals surface area (Å²) in [5.74, 6) is -1.50. The second-order valence-corrected chi connectivity index (χ2v) is 5.38. The molecule has 1 aromatic heterocycles. The van der Waals surface area contributed by atoms with Crippen molar-refractivity contribution in [2.45, 2.75) is 26.7 Å². The molecule has 0 aliphatic carbocycles. The number of benzene rings is 1. The van der Waals surface area contributed by atoms with Gasteiger partial charge in [0.25, 0.3) is 0 Å². The molecule has 0 radical (unpaired) electrons. The lowest BCUT2D eigenvalue weighted by Crippen LogP contribution is -2.14. The number of nitrogens with one attached hydrogen (secondary N) is 1. The van der Waals surface area contributed by atoms with Crippen molar-refractivity contribution in [2.24, 2.45) is 0 Å². The number of ketones is 2. The topological polar surface area (TPSA) is 100 Å². The third-order valence-corrected chi connectivity index (χ3v) is 3.55. The molecule has 0 fully saturated rings. The number of hydrogen-bond acceptors (Lipinski definition) is 5. The first kappa shape index (κ1) is 18.1. The second-order valence-electron chi connectivity index (χ2n) is 5.38. The average Bonchev–Trinajstić information content (AvgIpc) is 2.88. The van der Waals surface area contributed by atoms with E-state index in [1.807, 2.05) is 6.07 Å². The van der Waals surface area contributed by atoms with Gasteiger partial charge >= 0.3 is 0 Å². The molecule has 0 aliphatic rings. The first-order chi connectivity index (χ1) is 11.8. The minimum Gasteiger partial charge on any atom is -0.443 e. The van der Waals surface area contributed by atoms with E-state index in [-0.39, 0.29) is 47.2 Å². The highest BCUT2D eigenvalue weighted by Crippen LogP contribution is 2.27. The van der Waals surface area contributed by atoms with Crippen LogP contribution in [0.15, 0.2) is 28.7 Å². The van der Waals surface area contributed by atoms with Gasteiger partial charge in [-0.25, -0.2) is 4.39 Å². The van der Waals surface area contributed by atoms with Crippen molar-refractivity contribution in [3.63, 3.8) is 0 Å². The molecule has 0 spiro atoms. The molecule has 0 saturated heterocycles. The Kier molecular flexibility index (Phi) is 5.45. The van der Waals surface area contributed by atoms with Crippen molar-refractivity contribution >= 4 is 23.4 Å². The van der Waals surface area contributed by atoms with Gasteiger partial charge < -0.3 is 4.42 Å². The molecule has 128 valence electrons. The summed E-state index contributed by atoms with van der Waals surface area (Å²) in [7, 11) is 0. The summed E-state index contributed by atoms with van der Waals surface area (Å²) in [5, 5.41) is 11.6. The fraction of sp³-hybridized carbons (Fsp3) is 0.222. The number of amides is 1. The lowest BCUT2D eigenvalue weighted by atomic mass is 10.1. The maximum atomic E-state index is 12.8. The fourth-order valence-corrected chi connectivity index (χ4v) is 2.36. The van der Waals surface area contributed by atoms with Gasteiger partial charge in [0, 0.05) is 18.4 Å². The van der Waals surface area contributed by atoms with Gasteiger partial charge in [0.15, 0.2) is 11.6 Å². The highest BCUT2D eigenvalue weighted by Gasteiger charge is 2.22. The van der Waals surface area contributed by atoms with Crippen molar-refractivity contribution in [3.8, 4) is 6.07 Å². The van der Waals surface area contributed by atoms with E-state index in [1.54, 1.807) is 0 Å². The monoisotopic (exact) mass is 342 g/mol. The Morgan fingerprint density at radius 2 is 1.84 bits per heavy atom. The Bertz CT molecular complexity index is 876. The molecule has 0 atom stereocenters. The Balaban J connectivity index is 2.02. The molecule has 1 aromatic carbocycles. The number of hydrogen-bond donors (Lipinski definition) is 1. The molecule has 25 heavy (non-hydrogen) atoms. The lowest BCUT2D eigenvalue weighted by molar-refractivity contribution is -0.116. The standard InChI is InChI=1S/C18H15FN2O4/c1-10(22)17-11(2)25-18(14(17)9-20)21-16(24)8-7-15(23)12-3-5-13(19)6-4-12/h3-6H,7-8H2,1-2H3,(H,21,24). The lowest BCUT2D eigenvalue weighted by Gasteiger charge is -2.03. The molecular formula is C18H15FN2O4. The summed E-state index contributed by atoms with van der Waals surface area (Å²) in [5.41, 5.74) is 0.392. The third kappa shape index (κ3) is 4.18. The van der Waals surface area contributed by atoms with Gasteiger partial charge in [-0.2, -0.15) is 5.26 Å². The summed E-state index contributed by atoms with van der Waals surface area (Å²) in [6, 6.07) is 6.86. The number of aryl methyl sites for hydroxylation is 1. The Labute approximate surface area is 143 Å². The van der Waals surface area contributed by atoms with E-state index < -0.39 is 11.7 Å². The van der Waals surface area contributed by atoms with Gasteiger partial charge in [0.2, 0.25) is 11.8 Å². The summed E-state index contributed by atoms with van der Waals surface area (Å²) in [4.78, 5) is 35.5. The number of furan rings is 1. The minimum absolute atomic E-state index is 0.0387. The molecule has 1 amide bonds. The summed E-state index contributed by atoms with van der Waals surface area (Å²) < 4.78 is 18.1. The van der Waals surface area contributed by atoms with E-state index in [2.05, 4.69) is 5.32 Å². The van der Waals surface area contributed by atoms with Gasteiger partial charge in [0.1, 0.15) is 23.2 Å². The zero-order chi connectivity index (χ0) is 18.6. The largest absolute Gasteiger partial charge is 0.443 e. The number of halogens is 1. The molecule has 0 bridgehead atoms. The van der Waals surface area contributed by atoms with Crippen LogP contribution in [0.2, 0.25) is 0 Å². The quantitative estimate of drug-likeness (QED) is 0.811. The number of carbonyl (C=O) groups is 3. The number of carbonyl (C=O) groups excluding carboxylic acids is 3. The van der Waals surface area contributed by atoms with Crippen LogP contribution in [-0.4, -0.2) is 17.5 Å². The number of Topliss-reactive ketones (excluding diaryl/α,β-unsaturated/α-hetero) is 2. The Morgan fingerprint density at radius 1 is 1.20 bits per heavy atom. The first-order valence-corrected chi connectivity index (χ1v) is 7.46. The molecular weight excluding hydrogens is 327 g/mol. The van der Waals surface area contributed by atoms with Crippen LogP contribution in [0.1, 0.15) is 51.8 Å². The van der Waals surface area contributed by atoms with Crippen molar-refractivity contribution in [2.75, 3.05) is 5.32 Å². The highest BCUT2D eigenvalue weighted by atomic mass is 19.1. The molecule has 0 aliphatic heterocycles. The number of anilines is 1. The van der Waals surface area contributed by atoms with E-state index >= 15 is 0 Å². The average molecular weight is 342 g/mol. The molecule has 2 aromatic rings. The predicted octanol–water partition coefficient (Wildman–Crippen LogP) is 3.40. The van der Waals surface area contributed by atoms with Gasteiger partial charge in [-0.15, -0.1) is 0 Å². The van der Waals surface area contributed by atoms with Gasteiger partial charge in [0.05, 0.1) is 5.56 Å². The van der Waals surface area contributed by atoms with Crippen LogP contribution in [0.25, 0.3) is 0 Å². The van der Waals surface area contributed by atoms with Crippen molar-refractivity contribution in [1.29, 1.82) is 5.26 Å². The highest BCUT2D eigenvalue weighted by molar-refractivity contribution is 6.02. The number of nitriles is 1. The fourth-order valence-electron chi connectivity index (χ4n) is 2.36. The molecule has 0 saturated carbocycles. The van der Waals surface area contributed by atoms with Crippen LogP contribution in [0.5, 0.6) is 0 Å². The van der Waals surface area contributed by atoms with Crippen LogP contribution in [0.3, 0.4) is 0 Å². The van der Waals surface area contributed by atoms with Gasteiger partial charge in [-0.1, -0.05) is 0 Å². The predicted molar refractivity (Wildman–Crippen MR) is 86.8 cm³/mol. The van der Waals surface area contributed by atoms with Crippen molar-refractivity contribution in [1.82, 2.24) is 0 Å². The summed E-state index contributed by atoms with van der Waals surface area (Å²) in [6.45, 7) is 2.82. The SMILES string of the molecule is CC(=O)c1c(C)oc(NC(=O)CCC(=O)c2ccc(F)cc2)c1C#N. The van der Waals surface area contributed by atoms with Crippen LogP contribution >= 0.6 is 0 Å². The van der Waals surface area contributed by atoms with Crippen molar-refractivity contribution in [3.05, 3.63) is 52.5 Å². The summed E-state index contributed by atoms with van der Waals surface area (Å²) >= 11 is 0. The zero-order valence-corrected chi connectivity index (χ0v) is 13.7. The van der Waals surface area contributed by atoms with E-state index in [0.717, 1.165) is 0 Å². The van der Waals surface area contributed by atoms with Gasteiger partial charge in [-0.3, -0.25) is 19.7 Å². The van der Waals surface area contributed by atoms with E-state index in [9.17, 15) is 18.8 Å². The third-order valence-electron chi connectivity index (χ3n) is 3.55. The molecule has 1 N–H and O–H groups in total. The van der Waals surface area contributed by atoms with Crippen LogP contribution in [0, 0.1) is 24.1 Å². The van der Waals surface area contributed by atoms with Crippen molar-refractivity contribution < 1.29 is 23.2 Å². The smallest absolute Gasteiger partial charge is 0.227 e. The normalized spacial score (nSPS) is 10.2.